The van der Waals surface area contributed by atoms with E-state index in [-0.39, 0.29) is 5.69 Å². The molecule has 34 heavy (non-hydrogen) atoms. The first-order valence-electron chi connectivity index (χ1n) is 12.0. The van der Waals surface area contributed by atoms with Gasteiger partial charge in [-0.3, -0.25) is 9.13 Å². The van der Waals surface area contributed by atoms with E-state index in [1.165, 1.54) is 0 Å². The lowest BCUT2D eigenvalue weighted by atomic mass is 10.1. The third kappa shape index (κ3) is 4.37. The van der Waals surface area contributed by atoms with Gasteiger partial charge in [0.25, 0.3) is 0 Å². The molecule has 0 bridgehead atoms. The lowest BCUT2D eigenvalue weighted by Gasteiger charge is -2.11. The molecule has 5 aromatic rings. The van der Waals surface area contributed by atoms with Gasteiger partial charge in [-0.05, 0) is 49.4 Å². The number of nitrogens with zero attached hydrogens (tertiary/aromatic N) is 7. The van der Waals surface area contributed by atoms with Crippen LogP contribution in [0.25, 0.3) is 22.1 Å². The maximum Gasteiger partial charge on any atom is 0.329 e. The lowest BCUT2D eigenvalue weighted by Crippen LogP contribution is -2.26. The summed E-state index contributed by atoms with van der Waals surface area (Å²) in [7, 11) is 0. The normalized spacial score (nSPS) is 11.9. The van der Waals surface area contributed by atoms with Crippen LogP contribution in [-0.4, -0.2) is 39.3 Å². The number of benzene rings is 2. The molecule has 9 nitrogen and oxygen atoms in total. The molecule has 3 aromatic heterocycles. The minimum Gasteiger partial charge on any atom is -0.326 e. The average molecular weight is 459 g/mol. The number of hydrogen-bond acceptors (Lipinski definition) is 5. The molecule has 0 saturated heterocycles. The number of aryl methyl sites for hydroxylation is 3. The Hall–Kier alpha value is -3.75. The van der Waals surface area contributed by atoms with E-state index < -0.39 is 0 Å². The van der Waals surface area contributed by atoms with Gasteiger partial charge in [-0.1, -0.05) is 43.3 Å². The molecular weight excluding hydrogens is 428 g/mol. The monoisotopic (exact) mass is 458 g/mol. The molecule has 0 atom stereocenters. The van der Waals surface area contributed by atoms with Gasteiger partial charge in [0.2, 0.25) is 0 Å². The van der Waals surface area contributed by atoms with Crippen LogP contribution in [0.5, 0.6) is 0 Å². The minimum absolute atomic E-state index is 0.00299. The maximum absolute atomic E-state index is 13.6. The second kappa shape index (κ2) is 9.62. The molecule has 5 rings (SSSR count). The summed E-state index contributed by atoms with van der Waals surface area (Å²) >= 11 is 0. The summed E-state index contributed by atoms with van der Waals surface area (Å²) in [5.41, 5.74) is 3.99. The fourth-order valence-corrected chi connectivity index (χ4v) is 4.51. The van der Waals surface area contributed by atoms with Gasteiger partial charge in [-0.25, -0.2) is 9.78 Å². The van der Waals surface area contributed by atoms with Crippen LogP contribution in [0.15, 0.2) is 53.3 Å². The van der Waals surface area contributed by atoms with Gasteiger partial charge in [-0.15, -0.1) is 10.2 Å². The van der Waals surface area contributed by atoms with Crippen LogP contribution >= 0.6 is 0 Å². The van der Waals surface area contributed by atoms with Crippen molar-refractivity contribution in [3.8, 4) is 0 Å². The predicted octanol–water partition coefficient (Wildman–Crippen LogP) is 3.78. The number of nitrogens with one attached hydrogen (secondary N) is 1. The van der Waals surface area contributed by atoms with Gasteiger partial charge in [0.15, 0.2) is 5.82 Å². The molecule has 3 heterocycles. The van der Waals surface area contributed by atoms with Gasteiger partial charge < -0.3 is 4.57 Å². The van der Waals surface area contributed by atoms with Crippen molar-refractivity contribution in [2.75, 3.05) is 0 Å². The molecule has 0 amide bonds. The molecule has 0 fully saturated rings. The highest BCUT2D eigenvalue weighted by Gasteiger charge is 2.17. The first-order valence-corrected chi connectivity index (χ1v) is 12.0. The molecule has 9 heteroatoms. The van der Waals surface area contributed by atoms with E-state index in [1.807, 2.05) is 51.6 Å². The Morgan fingerprint density at radius 2 is 1.62 bits per heavy atom. The number of rotatable bonds is 10. The summed E-state index contributed by atoms with van der Waals surface area (Å²) in [6.07, 6.45) is 3.54. The zero-order chi connectivity index (χ0) is 23.5. The molecule has 0 unspecified atom stereocenters. The highest BCUT2D eigenvalue weighted by atomic mass is 16.1. The molecule has 0 aliphatic heterocycles. The van der Waals surface area contributed by atoms with Crippen molar-refractivity contribution in [1.29, 1.82) is 0 Å². The lowest BCUT2D eigenvalue weighted by molar-refractivity contribution is 0.505. The third-order valence-corrected chi connectivity index (χ3v) is 6.31. The zero-order valence-electron chi connectivity index (χ0n) is 19.7. The van der Waals surface area contributed by atoms with Gasteiger partial charge in [0.1, 0.15) is 5.82 Å². The van der Waals surface area contributed by atoms with Crippen LogP contribution in [0.3, 0.4) is 0 Å². The standard InChI is InChI=1S/C25H30N8O/c1-18(2)14-16-31-20-10-4-3-9-19(20)26-24(31)17-33-22-12-6-5-11-21(22)32(25(33)34)15-8-7-13-23-27-29-30-28-23/h3-6,9-12,18H,7-8,13-17H2,1-2H3,(H,27,28,29,30). The fraction of sp³-hybridized carbons (Fsp3) is 0.400. The van der Waals surface area contributed by atoms with Crippen LogP contribution in [0.4, 0.5) is 0 Å². The maximum atomic E-state index is 13.6. The number of tetrazole rings is 1. The second-order valence-corrected chi connectivity index (χ2v) is 9.15. The molecule has 0 aliphatic rings. The van der Waals surface area contributed by atoms with Crippen molar-refractivity contribution in [2.45, 2.75) is 59.2 Å². The Kier molecular flexibility index (Phi) is 6.24. The Morgan fingerprint density at radius 3 is 2.35 bits per heavy atom. The van der Waals surface area contributed by atoms with Gasteiger partial charge in [-0.2, -0.15) is 5.21 Å². The third-order valence-electron chi connectivity index (χ3n) is 6.31. The first kappa shape index (κ1) is 22.1. The quantitative estimate of drug-likeness (QED) is 0.321. The van der Waals surface area contributed by atoms with Crippen molar-refractivity contribution < 1.29 is 0 Å². The second-order valence-electron chi connectivity index (χ2n) is 9.15. The van der Waals surface area contributed by atoms with Crippen LogP contribution in [-0.2, 0) is 26.1 Å². The fourth-order valence-electron chi connectivity index (χ4n) is 4.51. The SMILES string of the molecule is CC(C)CCn1c(Cn2c(=O)n(CCCCc3nn[nH]n3)c3ccccc32)nc2ccccc21. The summed E-state index contributed by atoms with van der Waals surface area (Å²) in [4.78, 5) is 18.5. The van der Waals surface area contributed by atoms with Crippen LogP contribution in [0.2, 0.25) is 0 Å². The molecule has 0 aliphatic carbocycles. The van der Waals surface area contributed by atoms with E-state index in [0.717, 1.165) is 60.1 Å². The number of unbranched alkanes of at least 4 members (excludes halogenated alkanes) is 1. The summed E-state index contributed by atoms with van der Waals surface area (Å²) in [6, 6.07) is 16.2. The Bertz CT molecular complexity index is 1440. The molecular formula is C25H30N8O. The van der Waals surface area contributed by atoms with Crippen molar-refractivity contribution >= 4 is 22.1 Å². The highest BCUT2D eigenvalue weighted by molar-refractivity contribution is 5.77. The van der Waals surface area contributed by atoms with Crippen molar-refractivity contribution in [1.82, 2.24) is 39.3 Å². The Labute approximate surface area is 197 Å². The predicted molar refractivity (Wildman–Crippen MR) is 132 cm³/mol. The van der Waals surface area contributed by atoms with Crippen LogP contribution in [0, 0.1) is 5.92 Å². The average Bonchev–Trinajstić information content (AvgIpc) is 3.54. The minimum atomic E-state index is 0.00299. The van der Waals surface area contributed by atoms with E-state index >= 15 is 0 Å². The molecule has 1 N–H and O–H groups in total. The van der Waals surface area contributed by atoms with Crippen molar-refractivity contribution in [3.63, 3.8) is 0 Å². The zero-order valence-corrected chi connectivity index (χ0v) is 19.7. The van der Waals surface area contributed by atoms with E-state index in [2.05, 4.69) is 45.1 Å². The van der Waals surface area contributed by atoms with Crippen molar-refractivity contribution in [2.24, 2.45) is 5.92 Å². The van der Waals surface area contributed by atoms with E-state index in [1.54, 1.807) is 0 Å². The number of aromatic nitrogens is 8. The molecule has 2 aromatic carbocycles. The number of imidazole rings is 2. The summed E-state index contributed by atoms with van der Waals surface area (Å²) < 4.78 is 6.02. The smallest absolute Gasteiger partial charge is 0.326 e. The Balaban J connectivity index is 1.45. The van der Waals surface area contributed by atoms with Gasteiger partial charge in [0.05, 0.1) is 28.6 Å². The summed E-state index contributed by atoms with van der Waals surface area (Å²) in [5, 5.41) is 14.1. The summed E-state index contributed by atoms with van der Waals surface area (Å²) in [5.74, 6) is 2.21. The van der Waals surface area contributed by atoms with E-state index in [0.29, 0.717) is 24.8 Å². The Morgan fingerprint density at radius 1 is 0.882 bits per heavy atom. The summed E-state index contributed by atoms with van der Waals surface area (Å²) in [6.45, 7) is 6.44. The molecule has 176 valence electrons. The molecule has 0 spiro atoms. The molecule has 0 radical (unpaired) electrons. The number of H-pyrrole nitrogens is 1. The largest absolute Gasteiger partial charge is 0.329 e. The number of hydrogen-bond donors (Lipinski definition) is 1. The number of para-hydroxylation sites is 4. The van der Waals surface area contributed by atoms with Crippen LogP contribution < -0.4 is 5.69 Å². The van der Waals surface area contributed by atoms with Crippen LogP contribution in [0.1, 0.15) is 44.8 Å². The van der Waals surface area contributed by atoms with Gasteiger partial charge in [0, 0.05) is 19.5 Å². The number of aromatic amines is 1. The highest BCUT2D eigenvalue weighted by Crippen LogP contribution is 2.21. The van der Waals surface area contributed by atoms with Gasteiger partial charge >= 0.3 is 5.69 Å². The molecule has 0 saturated carbocycles. The van der Waals surface area contributed by atoms with E-state index in [9.17, 15) is 4.79 Å². The number of fused-ring (bicyclic) bond motifs is 2. The first-order chi connectivity index (χ1) is 16.6. The topological polar surface area (TPSA) is 99.2 Å². The van der Waals surface area contributed by atoms with E-state index in [4.69, 9.17) is 4.98 Å². The van der Waals surface area contributed by atoms with Crippen molar-refractivity contribution in [3.05, 3.63) is 70.7 Å².